The number of rotatable bonds is 6. The van der Waals surface area contributed by atoms with Gasteiger partial charge in [-0.3, -0.25) is 4.68 Å². The van der Waals surface area contributed by atoms with Crippen molar-refractivity contribution in [2.24, 2.45) is 7.05 Å². The first-order valence-electron chi connectivity index (χ1n) is 9.04. The molecule has 3 rings (SSSR count). The van der Waals surface area contributed by atoms with Crippen LogP contribution in [0.3, 0.4) is 0 Å². The highest BCUT2D eigenvalue weighted by molar-refractivity contribution is 7.88. The maximum atomic E-state index is 12.7. The fourth-order valence-corrected chi connectivity index (χ4v) is 5.07. The number of hydrogen-bond donors (Lipinski definition) is 0. The number of nitrogens with zero attached hydrogens (tertiary/aromatic N) is 4. The largest absolute Gasteiger partial charge is 0.304 e. The highest BCUT2D eigenvalue weighted by Gasteiger charge is 2.30. The average Bonchev–Trinajstić information content (AvgIpc) is 2.95. The van der Waals surface area contributed by atoms with Crippen LogP contribution >= 0.6 is 0 Å². The summed E-state index contributed by atoms with van der Waals surface area (Å²) in [7, 11) is 2.80. The molecule has 6 nitrogen and oxygen atoms in total. The molecule has 0 spiro atoms. The Kier molecular flexibility index (Phi) is 5.79. The normalized spacial score (nSPS) is 17.1. The highest BCUT2D eigenvalue weighted by atomic mass is 32.2. The summed E-state index contributed by atoms with van der Waals surface area (Å²) in [6, 6.07) is 11.6. The van der Waals surface area contributed by atoms with Gasteiger partial charge in [-0.2, -0.15) is 5.10 Å². The zero-order valence-electron chi connectivity index (χ0n) is 15.8. The molecule has 26 heavy (non-hydrogen) atoms. The van der Waals surface area contributed by atoms with Crippen LogP contribution in [0.1, 0.15) is 35.7 Å². The van der Waals surface area contributed by atoms with E-state index in [0.29, 0.717) is 19.0 Å². The molecule has 0 aliphatic carbocycles. The fraction of sp³-hybridized carbons (Fsp3) is 0.526. The minimum absolute atomic E-state index is 0.0784. The third kappa shape index (κ3) is 4.52. The van der Waals surface area contributed by atoms with Crippen LogP contribution in [-0.2, 0) is 29.4 Å². The third-order valence-electron chi connectivity index (χ3n) is 4.93. The summed E-state index contributed by atoms with van der Waals surface area (Å²) in [5.74, 6) is 0.412. The summed E-state index contributed by atoms with van der Waals surface area (Å²) in [5.41, 5.74) is 3.11. The molecule has 0 radical (unpaired) electrons. The van der Waals surface area contributed by atoms with Gasteiger partial charge in [0.15, 0.2) is 0 Å². The molecule has 2 aromatic rings. The van der Waals surface area contributed by atoms with Crippen LogP contribution in [0.4, 0.5) is 0 Å². The summed E-state index contributed by atoms with van der Waals surface area (Å²) in [5, 5.41) is 4.66. The molecule has 0 bridgehead atoms. The first kappa shape index (κ1) is 19.1. The van der Waals surface area contributed by atoms with Gasteiger partial charge in [0.1, 0.15) is 0 Å². The fourth-order valence-electron chi connectivity index (χ4n) is 3.51. The number of hydrogen-bond acceptors (Lipinski definition) is 4. The van der Waals surface area contributed by atoms with Gasteiger partial charge in [0.2, 0.25) is 10.0 Å². The van der Waals surface area contributed by atoms with Crippen LogP contribution in [0.5, 0.6) is 0 Å². The number of aromatic nitrogens is 2. The van der Waals surface area contributed by atoms with Crippen molar-refractivity contribution < 1.29 is 8.42 Å². The molecule has 1 aromatic heterocycles. The summed E-state index contributed by atoms with van der Waals surface area (Å²) in [6.45, 7) is 1.99. The third-order valence-corrected chi connectivity index (χ3v) is 6.78. The van der Waals surface area contributed by atoms with Crippen molar-refractivity contribution in [2.75, 3.05) is 27.2 Å². The first-order valence-corrected chi connectivity index (χ1v) is 10.7. The standard InChI is InChI=1S/C19H28N4O2S/c1-21(2)14-18-13-19(20-22(18)3)17-9-11-23(12-10-17)26(24,25)15-16-7-5-4-6-8-16/h4-8,13,17H,9-12,14-15H2,1-3H3. The number of benzene rings is 1. The highest BCUT2D eigenvalue weighted by Crippen LogP contribution is 2.29. The Morgan fingerprint density at radius 3 is 2.42 bits per heavy atom. The monoisotopic (exact) mass is 376 g/mol. The van der Waals surface area contributed by atoms with E-state index in [-0.39, 0.29) is 5.75 Å². The van der Waals surface area contributed by atoms with Gasteiger partial charge >= 0.3 is 0 Å². The predicted octanol–water partition coefficient (Wildman–Crippen LogP) is 2.19. The molecule has 1 aromatic carbocycles. The Hall–Kier alpha value is -1.70. The van der Waals surface area contributed by atoms with Crippen molar-refractivity contribution in [3.63, 3.8) is 0 Å². The summed E-state index contributed by atoms with van der Waals surface area (Å²) in [4.78, 5) is 2.12. The maximum Gasteiger partial charge on any atom is 0.218 e. The van der Waals surface area contributed by atoms with E-state index in [9.17, 15) is 8.42 Å². The van der Waals surface area contributed by atoms with Gasteiger partial charge in [0.25, 0.3) is 0 Å². The van der Waals surface area contributed by atoms with Crippen molar-refractivity contribution in [1.29, 1.82) is 0 Å². The molecule has 0 unspecified atom stereocenters. The quantitative estimate of drug-likeness (QED) is 0.775. The number of aryl methyl sites for hydroxylation is 1. The molecule has 0 amide bonds. The van der Waals surface area contributed by atoms with E-state index < -0.39 is 10.0 Å². The minimum atomic E-state index is -3.26. The molecular formula is C19H28N4O2S. The Balaban J connectivity index is 1.62. The minimum Gasteiger partial charge on any atom is -0.304 e. The molecule has 142 valence electrons. The van der Waals surface area contributed by atoms with Crippen LogP contribution < -0.4 is 0 Å². The lowest BCUT2D eigenvalue weighted by Crippen LogP contribution is -2.38. The molecule has 1 saturated heterocycles. The van der Waals surface area contributed by atoms with Crippen LogP contribution in [0.15, 0.2) is 36.4 Å². The van der Waals surface area contributed by atoms with Gasteiger partial charge in [-0.15, -0.1) is 0 Å². The lowest BCUT2D eigenvalue weighted by atomic mass is 9.94. The second-order valence-electron chi connectivity index (χ2n) is 7.34. The molecule has 1 aliphatic heterocycles. The zero-order chi connectivity index (χ0) is 18.7. The SMILES string of the molecule is CN(C)Cc1cc(C2CCN(S(=O)(=O)Cc3ccccc3)CC2)nn1C. The molecular weight excluding hydrogens is 348 g/mol. The lowest BCUT2D eigenvalue weighted by molar-refractivity contribution is 0.315. The smallest absolute Gasteiger partial charge is 0.218 e. The van der Waals surface area contributed by atoms with Crippen molar-refractivity contribution in [1.82, 2.24) is 19.0 Å². The number of piperidine rings is 1. The average molecular weight is 377 g/mol. The predicted molar refractivity (Wildman–Crippen MR) is 103 cm³/mol. The zero-order valence-corrected chi connectivity index (χ0v) is 16.6. The van der Waals surface area contributed by atoms with E-state index in [1.54, 1.807) is 4.31 Å². The van der Waals surface area contributed by atoms with E-state index in [1.807, 2.05) is 56.2 Å². The van der Waals surface area contributed by atoms with E-state index in [2.05, 4.69) is 16.1 Å². The number of sulfonamides is 1. The first-order chi connectivity index (χ1) is 12.3. The molecule has 1 aliphatic rings. The van der Waals surface area contributed by atoms with Crippen LogP contribution in [-0.4, -0.2) is 54.6 Å². The van der Waals surface area contributed by atoms with Crippen molar-refractivity contribution in [2.45, 2.75) is 31.1 Å². The van der Waals surface area contributed by atoms with Gasteiger partial charge in [0, 0.05) is 32.6 Å². The Labute approximate surface area is 156 Å². The topological polar surface area (TPSA) is 58.4 Å². The molecule has 7 heteroatoms. The van der Waals surface area contributed by atoms with Crippen LogP contribution in [0, 0.1) is 0 Å². The Bertz CT molecular complexity index is 822. The van der Waals surface area contributed by atoms with Crippen LogP contribution in [0.25, 0.3) is 0 Å². The second-order valence-corrected chi connectivity index (χ2v) is 9.31. The van der Waals surface area contributed by atoms with Gasteiger partial charge in [-0.05, 0) is 38.6 Å². The summed E-state index contributed by atoms with van der Waals surface area (Å²) in [6.07, 6.45) is 1.65. The van der Waals surface area contributed by atoms with E-state index in [0.717, 1.165) is 30.6 Å². The van der Waals surface area contributed by atoms with E-state index in [4.69, 9.17) is 0 Å². The van der Waals surface area contributed by atoms with Gasteiger partial charge in [0.05, 0.1) is 17.1 Å². The second kappa shape index (κ2) is 7.90. The Morgan fingerprint density at radius 2 is 1.81 bits per heavy atom. The van der Waals surface area contributed by atoms with Crippen LogP contribution in [0.2, 0.25) is 0 Å². The van der Waals surface area contributed by atoms with Gasteiger partial charge < -0.3 is 4.90 Å². The summed E-state index contributed by atoms with van der Waals surface area (Å²) < 4.78 is 28.9. The van der Waals surface area contributed by atoms with Crippen molar-refractivity contribution in [3.8, 4) is 0 Å². The van der Waals surface area contributed by atoms with Crippen molar-refractivity contribution >= 4 is 10.0 Å². The summed E-state index contributed by atoms with van der Waals surface area (Å²) >= 11 is 0. The molecule has 0 saturated carbocycles. The molecule has 1 fully saturated rings. The molecule has 0 atom stereocenters. The van der Waals surface area contributed by atoms with Crippen molar-refractivity contribution in [3.05, 3.63) is 53.3 Å². The maximum absolute atomic E-state index is 12.7. The van der Waals surface area contributed by atoms with E-state index in [1.165, 1.54) is 5.69 Å². The Morgan fingerprint density at radius 1 is 1.15 bits per heavy atom. The van der Waals surface area contributed by atoms with Gasteiger partial charge in [-0.1, -0.05) is 30.3 Å². The lowest BCUT2D eigenvalue weighted by Gasteiger charge is -2.30. The molecule has 0 N–H and O–H groups in total. The molecule has 2 heterocycles. The van der Waals surface area contributed by atoms with E-state index >= 15 is 0 Å². The van der Waals surface area contributed by atoms with Gasteiger partial charge in [-0.25, -0.2) is 12.7 Å².